The number of nitriles is 1. The highest BCUT2D eigenvalue weighted by Gasteiger charge is 2.30. The fourth-order valence-electron chi connectivity index (χ4n) is 1.86. The molecular weight excluding hydrogens is 319 g/mol. The zero-order valence-corrected chi connectivity index (χ0v) is 12.4. The van der Waals surface area contributed by atoms with Crippen LogP contribution < -0.4 is 0 Å². The van der Waals surface area contributed by atoms with E-state index in [1.165, 1.54) is 18.2 Å². The summed E-state index contributed by atoms with van der Waals surface area (Å²) in [6, 6.07) is 13.1. The van der Waals surface area contributed by atoms with Crippen molar-refractivity contribution in [2.45, 2.75) is 12.8 Å². The van der Waals surface area contributed by atoms with Gasteiger partial charge in [0.15, 0.2) is 0 Å². The van der Waals surface area contributed by atoms with E-state index in [9.17, 15) is 18.0 Å². The Kier molecular flexibility index (Phi) is 5.38. The minimum atomic E-state index is -4.43. The number of ether oxygens (including phenoxy) is 1. The summed E-state index contributed by atoms with van der Waals surface area (Å²) in [5.41, 5.74) is 0.667. The van der Waals surface area contributed by atoms with Gasteiger partial charge in [-0.15, -0.1) is 0 Å². The van der Waals surface area contributed by atoms with Crippen molar-refractivity contribution in [1.29, 1.82) is 5.26 Å². The molecule has 0 aliphatic heterocycles. The van der Waals surface area contributed by atoms with E-state index in [2.05, 4.69) is 0 Å². The van der Waals surface area contributed by atoms with E-state index in [1.807, 2.05) is 6.07 Å². The molecule has 2 rings (SSSR count). The second kappa shape index (κ2) is 7.47. The third kappa shape index (κ3) is 4.99. The van der Waals surface area contributed by atoms with Gasteiger partial charge in [0, 0.05) is 6.08 Å². The number of nitrogens with zero attached hydrogens (tertiary/aromatic N) is 1. The molecule has 2 aromatic rings. The first-order chi connectivity index (χ1) is 11.4. The standard InChI is InChI=1S/C18H12F3NO2/c19-18(20,21)16-3-1-2-13(10-16)8-9-17(23)24-12-15-6-4-14(11-22)5-7-15/h1-10H,12H2/b9-8+. The predicted octanol–water partition coefficient (Wildman–Crippen LogP) is 4.33. The van der Waals surface area contributed by atoms with Crippen molar-refractivity contribution in [1.82, 2.24) is 0 Å². The molecule has 24 heavy (non-hydrogen) atoms. The highest BCUT2D eigenvalue weighted by Crippen LogP contribution is 2.29. The van der Waals surface area contributed by atoms with Gasteiger partial charge in [-0.2, -0.15) is 18.4 Å². The van der Waals surface area contributed by atoms with Crippen molar-refractivity contribution in [3.8, 4) is 6.07 Å². The smallest absolute Gasteiger partial charge is 0.416 e. The summed E-state index contributed by atoms with van der Waals surface area (Å²) >= 11 is 0. The molecule has 0 amide bonds. The highest BCUT2D eigenvalue weighted by atomic mass is 19.4. The first-order valence-electron chi connectivity index (χ1n) is 6.89. The van der Waals surface area contributed by atoms with Gasteiger partial charge in [0.2, 0.25) is 0 Å². The van der Waals surface area contributed by atoms with Gasteiger partial charge in [-0.25, -0.2) is 4.79 Å². The maximum Gasteiger partial charge on any atom is 0.416 e. The molecule has 0 aromatic heterocycles. The molecule has 0 radical (unpaired) electrons. The molecule has 0 heterocycles. The Morgan fingerprint density at radius 3 is 2.50 bits per heavy atom. The summed E-state index contributed by atoms with van der Waals surface area (Å²) < 4.78 is 42.8. The number of benzene rings is 2. The molecule has 6 heteroatoms. The van der Waals surface area contributed by atoms with Crippen LogP contribution in [0.15, 0.2) is 54.6 Å². The molecule has 0 atom stereocenters. The van der Waals surface area contributed by atoms with Gasteiger partial charge in [0.1, 0.15) is 6.61 Å². The SMILES string of the molecule is N#Cc1ccc(COC(=O)/C=C/c2cccc(C(F)(F)F)c2)cc1. The molecule has 2 aromatic carbocycles. The van der Waals surface area contributed by atoms with E-state index in [-0.39, 0.29) is 12.2 Å². The Morgan fingerprint density at radius 1 is 1.17 bits per heavy atom. The molecule has 0 saturated carbocycles. The van der Waals surface area contributed by atoms with Crippen LogP contribution in [0.3, 0.4) is 0 Å². The fourth-order valence-corrected chi connectivity index (χ4v) is 1.86. The molecule has 0 fully saturated rings. The van der Waals surface area contributed by atoms with Crippen LogP contribution >= 0.6 is 0 Å². The Balaban J connectivity index is 1.94. The van der Waals surface area contributed by atoms with Gasteiger partial charge in [-0.3, -0.25) is 0 Å². The second-order valence-electron chi connectivity index (χ2n) is 4.87. The van der Waals surface area contributed by atoms with Gasteiger partial charge < -0.3 is 4.74 Å². The highest BCUT2D eigenvalue weighted by molar-refractivity contribution is 5.87. The molecule has 0 aliphatic rings. The summed E-state index contributed by atoms with van der Waals surface area (Å²) in [5, 5.41) is 8.68. The Morgan fingerprint density at radius 2 is 1.88 bits per heavy atom. The van der Waals surface area contributed by atoms with Gasteiger partial charge in [0.25, 0.3) is 0 Å². The summed E-state index contributed by atoms with van der Waals surface area (Å²) in [7, 11) is 0. The summed E-state index contributed by atoms with van der Waals surface area (Å²) in [4.78, 5) is 11.6. The lowest BCUT2D eigenvalue weighted by Crippen LogP contribution is -2.04. The Labute approximate surface area is 136 Å². The topological polar surface area (TPSA) is 50.1 Å². The van der Waals surface area contributed by atoms with E-state index < -0.39 is 17.7 Å². The van der Waals surface area contributed by atoms with Crippen LogP contribution in [0.25, 0.3) is 6.08 Å². The number of alkyl halides is 3. The maximum absolute atomic E-state index is 12.6. The van der Waals surface area contributed by atoms with Gasteiger partial charge in [-0.05, 0) is 41.5 Å². The van der Waals surface area contributed by atoms with Crippen LogP contribution in [0.4, 0.5) is 13.2 Å². The van der Waals surface area contributed by atoms with Crippen LogP contribution in [0.1, 0.15) is 22.3 Å². The van der Waals surface area contributed by atoms with E-state index in [0.717, 1.165) is 18.2 Å². The van der Waals surface area contributed by atoms with E-state index >= 15 is 0 Å². The van der Waals surface area contributed by atoms with Crippen LogP contribution in [0, 0.1) is 11.3 Å². The second-order valence-corrected chi connectivity index (χ2v) is 4.87. The molecule has 0 aliphatic carbocycles. The van der Waals surface area contributed by atoms with Crippen LogP contribution in [-0.2, 0) is 22.3 Å². The van der Waals surface area contributed by atoms with Crippen molar-refractivity contribution >= 4 is 12.0 Å². The number of carbonyl (C=O) groups is 1. The van der Waals surface area contributed by atoms with Crippen molar-refractivity contribution in [2.75, 3.05) is 0 Å². The summed E-state index contributed by atoms with van der Waals surface area (Å²) in [6.07, 6.45) is -2.10. The average Bonchev–Trinajstić information content (AvgIpc) is 2.58. The predicted molar refractivity (Wildman–Crippen MR) is 81.4 cm³/mol. The molecule has 0 bridgehead atoms. The monoisotopic (exact) mass is 331 g/mol. The van der Waals surface area contributed by atoms with Crippen molar-refractivity contribution in [3.05, 3.63) is 76.9 Å². The average molecular weight is 331 g/mol. The molecule has 0 spiro atoms. The molecular formula is C18H12F3NO2. The van der Waals surface area contributed by atoms with Gasteiger partial charge in [-0.1, -0.05) is 24.3 Å². The molecule has 0 N–H and O–H groups in total. The first kappa shape index (κ1) is 17.3. The van der Waals surface area contributed by atoms with Crippen molar-refractivity contribution in [3.63, 3.8) is 0 Å². The number of carbonyl (C=O) groups excluding carboxylic acids is 1. The summed E-state index contributed by atoms with van der Waals surface area (Å²) in [6.45, 7) is 0.0114. The molecule has 0 unspecified atom stereocenters. The number of rotatable bonds is 4. The molecule has 3 nitrogen and oxygen atoms in total. The zero-order valence-electron chi connectivity index (χ0n) is 12.4. The Bertz CT molecular complexity index is 787. The number of hydrogen-bond acceptors (Lipinski definition) is 3. The van der Waals surface area contributed by atoms with E-state index in [0.29, 0.717) is 11.1 Å². The lowest BCUT2D eigenvalue weighted by molar-refractivity contribution is -0.139. The third-order valence-corrected chi connectivity index (χ3v) is 3.09. The fraction of sp³-hybridized carbons (Fsp3) is 0.111. The third-order valence-electron chi connectivity index (χ3n) is 3.09. The van der Waals surface area contributed by atoms with Gasteiger partial charge in [0.05, 0.1) is 17.2 Å². The number of esters is 1. The van der Waals surface area contributed by atoms with E-state index in [4.69, 9.17) is 10.00 Å². The minimum Gasteiger partial charge on any atom is -0.458 e. The molecule has 0 saturated heterocycles. The minimum absolute atomic E-state index is 0.0114. The quantitative estimate of drug-likeness (QED) is 0.619. The van der Waals surface area contributed by atoms with Gasteiger partial charge >= 0.3 is 12.1 Å². The van der Waals surface area contributed by atoms with Crippen LogP contribution in [0.5, 0.6) is 0 Å². The number of halogens is 3. The largest absolute Gasteiger partial charge is 0.458 e. The van der Waals surface area contributed by atoms with Crippen LogP contribution in [0.2, 0.25) is 0 Å². The lowest BCUT2D eigenvalue weighted by atomic mass is 10.1. The molecule has 122 valence electrons. The van der Waals surface area contributed by atoms with Crippen LogP contribution in [-0.4, -0.2) is 5.97 Å². The maximum atomic E-state index is 12.6. The summed E-state index contributed by atoms with van der Waals surface area (Å²) in [5.74, 6) is -0.670. The van der Waals surface area contributed by atoms with E-state index in [1.54, 1.807) is 24.3 Å². The first-order valence-corrected chi connectivity index (χ1v) is 6.89. The zero-order chi connectivity index (χ0) is 17.6. The lowest BCUT2D eigenvalue weighted by Gasteiger charge is -2.06. The van der Waals surface area contributed by atoms with Crippen molar-refractivity contribution in [2.24, 2.45) is 0 Å². The van der Waals surface area contributed by atoms with Crippen molar-refractivity contribution < 1.29 is 22.7 Å². The Hall–Kier alpha value is -3.07. The normalized spacial score (nSPS) is 11.2. The number of hydrogen-bond donors (Lipinski definition) is 0.